The predicted molar refractivity (Wildman–Crippen MR) is 263 cm³/mol. The summed E-state index contributed by atoms with van der Waals surface area (Å²) in [5, 5.41) is 54.3. The first-order valence-electron chi connectivity index (χ1n) is 24.3. The van der Waals surface area contributed by atoms with Crippen LogP contribution in [0.5, 0.6) is 0 Å². The molecule has 1 aliphatic rings. The zero-order valence-electron chi connectivity index (χ0n) is 40.5. The number of unbranched alkanes of at least 4 members (excludes halogenated alkanes) is 4. The molecule has 1 aliphatic heterocycles. The summed E-state index contributed by atoms with van der Waals surface area (Å²) < 4.78 is 0. The van der Waals surface area contributed by atoms with Gasteiger partial charge in [0.05, 0.1) is 13.1 Å². The number of benzene rings is 1. The van der Waals surface area contributed by atoms with Gasteiger partial charge in [0.2, 0.25) is 5.91 Å². The first kappa shape index (κ1) is 60.0. The van der Waals surface area contributed by atoms with Gasteiger partial charge in [0.1, 0.15) is 11.8 Å². The summed E-state index contributed by atoms with van der Waals surface area (Å²) in [5.41, 5.74) is 2.18. The van der Waals surface area contributed by atoms with E-state index in [0.29, 0.717) is 52.0 Å². The van der Waals surface area contributed by atoms with E-state index in [1.807, 2.05) is 9.80 Å². The summed E-state index contributed by atoms with van der Waals surface area (Å²) in [6, 6.07) is 5.99. The quantitative estimate of drug-likeness (QED) is 0.0371. The van der Waals surface area contributed by atoms with E-state index in [4.69, 9.17) is 17.3 Å². The molecule has 1 aromatic rings. The van der Waals surface area contributed by atoms with Crippen molar-refractivity contribution in [2.75, 3.05) is 85.1 Å². The second-order valence-electron chi connectivity index (χ2n) is 17.8. The lowest BCUT2D eigenvalue weighted by atomic mass is 9.93. The number of carbonyl (C=O) groups excluding carboxylic acids is 3. The summed E-state index contributed by atoms with van der Waals surface area (Å²) in [5.74, 6) is -7.17. The molecule has 3 atom stereocenters. The monoisotopic (exact) mass is 992 g/mol. The Balaban J connectivity index is 1.83. The van der Waals surface area contributed by atoms with Crippen LogP contribution < -0.4 is 16.0 Å². The van der Waals surface area contributed by atoms with E-state index in [0.717, 1.165) is 80.8 Å². The van der Waals surface area contributed by atoms with Crippen LogP contribution in [-0.2, 0) is 46.4 Å². The molecule has 3 amide bonds. The van der Waals surface area contributed by atoms with Crippen LogP contribution in [0.2, 0.25) is 0 Å². The predicted octanol–water partition coefficient (Wildman–Crippen LogP) is 3.24. The number of carboxylic acids is 5. The summed E-state index contributed by atoms with van der Waals surface area (Å²) in [6.45, 7) is 10.6. The van der Waals surface area contributed by atoms with Crippen LogP contribution in [-0.4, -0.2) is 195 Å². The highest BCUT2D eigenvalue weighted by atomic mass is 32.1. The fourth-order valence-corrected chi connectivity index (χ4v) is 8.51. The molecule has 1 aromatic carbocycles. The van der Waals surface area contributed by atoms with Crippen molar-refractivity contribution in [1.82, 2.24) is 35.6 Å². The molecule has 20 nitrogen and oxygen atoms in total. The fraction of sp³-hybridized carbons (Fsp3) is 0.688. The van der Waals surface area contributed by atoms with Gasteiger partial charge in [-0.05, 0) is 74.0 Å². The molecular formula is C48H77N7O13S. The normalized spacial score (nSPS) is 16.5. The molecule has 1 heterocycles. The number of thiocarbonyl (C=S) groups is 1. The molecule has 0 saturated carbocycles. The zero-order chi connectivity index (χ0) is 51.1. The third kappa shape index (κ3) is 27.6. The van der Waals surface area contributed by atoms with E-state index in [2.05, 4.69) is 63.9 Å². The molecular weight excluding hydrogens is 915 g/mol. The Kier molecular flexibility index (Phi) is 29.8. The van der Waals surface area contributed by atoms with E-state index in [1.165, 1.54) is 0 Å². The van der Waals surface area contributed by atoms with Crippen molar-refractivity contribution in [2.45, 2.75) is 122 Å². The Labute approximate surface area is 411 Å². The van der Waals surface area contributed by atoms with Gasteiger partial charge in [-0.1, -0.05) is 69.6 Å². The van der Waals surface area contributed by atoms with Gasteiger partial charge in [0.25, 0.3) is 0 Å². The lowest BCUT2D eigenvalue weighted by molar-refractivity contribution is -0.140. The maximum absolute atomic E-state index is 13.0. The minimum Gasteiger partial charge on any atom is -0.481 e. The second kappa shape index (κ2) is 34.2. The number of likely N-dealkylation sites (N-methyl/N-ethyl adjacent to an activating group) is 2. The van der Waals surface area contributed by atoms with Crippen LogP contribution in [0.1, 0.15) is 108 Å². The Hall–Kier alpha value is -5.09. The Morgan fingerprint density at radius 3 is 1.83 bits per heavy atom. The van der Waals surface area contributed by atoms with Crippen molar-refractivity contribution in [3.8, 4) is 0 Å². The number of rotatable bonds is 33. The molecule has 0 aliphatic carbocycles. The smallest absolute Gasteiger partial charge is 0.326 e. The molecule has 388 valence electrons. The third-order valence-corrected chi connectivity index (χ3v) is 12.6. The van der Waals surface area contributed by atoms with Crippen LogP contribution >= 0.6 is 12.2 Å². The Morgan fingerprint density at radius 1 is 0.623 bits per heavy atom. The summed E-state index contributed by atoms with van der Waals surface area (Å²) in [7, 11) is 0. The molecule has 1 saturated heterocycles. The summed E-state index contributed by atoms with van der Waals surface area (Å²) in [6.07, 6.45) is 5.14. The molecule has 0 spiro atoms. The molecule has 0 radical (unpaired) electrons. The van der Waals surface area contributed by atoms with Crippen LogP contribution in [0.15, 0.2) is 24.3 Å². The van der Waals surface area contributed by atoms with Crippen molar-refractivity contribution < 1.29 is 63.9 Å². The highest BCUT2D eigenvalue weighted by Gasteiger charge is 2.28. The van der Waals surface area contributed by atoms with E-state index in [9.17, 15) is 58.8 Å². The topological polar surface area (TPSA) is 287 Å². The molecule has 0 bridgehead atoms. The molecule has 1 fully saturated rings. The SMILES string of the molecule is CCN1CCN(CC(=O)O)CCN(CC(=O)O)C(Cc2ccc(CC(=S)CCCCCCCNC(=O)[C@H](CCC(=O)O)CC(=O)CC[C@H](NC(=O)NCCCC(=O)O)C(=O)O)cc2)CN(CC)CC1. The number of aliphatic carboxylic acids is 5. The van der Waals surface area contributed by atoms with Crippen molar-refractivity contribution in [3.63, 3.8) is 0 Å². The van der Waals surface area contributed by atoms with Crippen molar-refractivity contribution >= 4 is 64.7 Å². The van der Waals surface area contributed by atoms with Gasteiger partial charge in [-0.25, -0.2) is 9.59 Å². The maximum Gasteiger partial charge on any atom is 0.326 e. The highest BCUT2D eigenvalue weighted by molar-refractivity contribution is 7.80. The average Bonchev–Trinajstić information content (AvgIpc) is 3.28. The molecule has 0 aromatic heterocycles. The van der Waals surface area contributed by atoms with Gasteiger partial charge >= 0.3 is 35.9 Å². The lowest BCUT2D eigenvalue weighted by Gasteiger charge is -2.38. The van der Waals surface area contributed by atoms with E-state index in [-0.39, 0.29) is 70.6 Å². The summed E-state index contributed by atoms with van der Waals surface area (Å²) in [4.78, 5) is 105. The number of amides is 3. The second-order valence-corrected chi connectivity index (χ2v) is 18.3. The van der Waals surface area contributed by atoms with Gasteiger partial charge in [-0.2, -0.15) is 0 Å². The number of carbonyl (C=O) groups is 8. The maximum atomic E-state index is 13.0. The van der Waals surface area contributed by atoms with Crippen LogP contribution in [0, 0.1) is 5.92 Å². The zero-order valence-corrected chi connectivity index (χ0v) is 41.4. The number of Topliss-reactive ketones (excluding diaryl/α,β-unsaturated/α-hetero) is 1. The third-order valence-electron chi connectivity index (χ3n) is 12.3. The summed E-state index contributed by atoms with van der Waals surface area (Å²) >= 11 is 5.75. The molecule has 1 unspecified atom stereocenters. The largest absolute Gasteiger partial charge is 0.481 e. The fourth-order valence-electron chi connectivity index (χ4n) is 8.20. The number of carboxylic acid groups (broad SMARTS) is 5. The average molecular weight is 992 g/mol. The van der Waals surface area contributed by atoms with E-state index in [1.54, 1.807) is 0 Å². The minimum absolute atomic E-state index is 0.0135. The molecule has 69 heavy (non-hydrogen) atoms. The standard InChI is InChI=1S/C48H77N7O13S/c1-3-52-23-25-53(4-2)32-38(55(34-45(63)64)28-27-54(26-24-52)33-44(61)62)29-35-13-15-36(16-14-35)30-40(69)11-8-6-5-7-9-21-49-46(65)37(17-20-43(59)60)31-39(56)18-19-41(47(66)67)51-48(68)50-22-10-12-42(57)58/h13-16,37-38,41H,3-12,17-34H2,1-2H3,(H,49,65)(H,57,58)(H,59,60)(H,61,62)(H,63,64)(H,66,67)(H2,50,51,68)/t37-,38?,41+/m1/s1. The highest BCUT2D eigenvalue weighted by Crippen LogP contribution is 2.18. The number of hydrogen-bond donors (Lipinski definition) is 8. The molecule has 21 heteroatoms. The van der Waals surface area contributed by atoms with E-state index >= 15 is 0 Å². The van der Waals surface area contributed by atoms with Gasteiger partial charge in [0, 0.05) is 103 Å². The minimum atomic E-state index is -1.41. The Bertz CT molecular complexity index is 1800. The number of nitrogens with zero attached hydrogens (tertiary/aromatic N) is 4. The van der Waals surface area contributed by atoms with Gasteiger partial charge in [-0.15, -0.1) is 0 Å². The van der Waals surface area contributed by atoms with Crippen molar-refractivity contribution in [2.24, 2.45) is 5.92 Å². The lowest BCUT2D eigenvalue weighted by Crippen LogP contribution is -2.52. The Morgan fingerprint density at radius 2 is 1.20 bits per heavy atom. The van der Waals surface area contributed by atoms with Gasteiger partial charge < -0.3 is 51.3 Å². The van der Waals surface area contributed by atoms with Crippen molar-refractivity contribution in [1.29, 1.82) is 0 Å². The first-order chi connectivity index (χ1) is 32.9. The van der Waals surface area contributed by atoms with Crippen molar-refractivity contribution in [3.05, 3.63) is 35.4 Å². The van der Waals surface area contributed by atoms with E-state index < -0.39 is 59.5 Å². The van der Waals surface area contributed by atoms with Gasteiger partial charge in [0.15, 0.2) is 0 Å². The number of hydrogen-bond acceptors (Lipinski definition) is 13. The van der Waals surface area contributed by atoms with Crippen LogP contribution in [0.3, 0.4) is 0 Å². The van der Waals surface area contributed by atoms with Crippen LogP contribution in [0.25, 0.3) is 0 Å². The first-order valence-corrected chi connectivity index (χ1v) is 24.7. The number of nitrogens with one attached hydrogen (secondary N) is 3. The molecule has 2 rings (SSSR count). The van der Waals surface area contributed by atoms with Gasteiger partial charge in [-0.3, -0.25) is 38.6 Å². The number of urea groups is 1. The van der Waals surface area contributed by atoms with Crippen LogP contribution in [0.4, 0.5) is 4.79 Å². The molecule has 8 N–H and O–H groups in total. The number of ketones is 1.